The smallest absolute Gasteiger partial charge is 0.251 e. The van der Waals surface area contributed by atoms with E-state index in [-0.39, 0.29) is 12.0 Å². The first-order valence-electron chi connectivity index (χ1n) is 7.45. The van der Waals surface area contributed by atoms with Crippen LogP contribution in [0.5, 0.6) is 0 Å². The highest BCUT2D eigenvalue weighted by atomic mass is 16.3. The van der Waals surface area contributed by atoms with Crippen molar-refractivity contribution in [3.8, 4) is 0 Å². The van der Waals surface area contributed by atoms with Crippen molar-refractivity contribution in [3.63, 3.8) is 0 Å². The molecule has 0 aliphatic heterocycles. The number of hydrogen-bond acceptors (Lipinski definition) is 3. The number of carbonyl (C=O) groups is 1. The molecule has 1 amide bonds. The average molecular weight is 276 g/mol. The Hall–Kier alpha value is -1.39. The predicted octanol–water partition coefficient (Wildman–Crippen LogP) is 1.47. The van der Waals surface area contributed by atoms with Crippen LogP contribution in [0.1, 0.15) is 41.6 Å². The summed E-state index contributed by atoms with van der Waals surface area (Å²) in [5.41, 5.74) is 7.29. The molecule has 2 unspecified atom stereocenters. The van der Waals surface area contributed by atoms with Gasteiger partial charge >= 0.3 is 0 Å². The van der Waals surface area contributed by atoms with Crippen LogP contribution in [0.3, 0.4) is 0 Å². The molecule has 0 radical (unpaired) electrons. The molecule has 2 atom stereocenters. The van der Waals surface area contributed by atoms with Gasteiger partial charge in [0, 0.05) is 12.1 Å². The maximum atomic E-state index is 12.3. The number of amides is 1. The van der Waals surface area contributed by atoms with E-state index in [1.165, 1.54) is 0 Å². The molecule has 1 aromatic rings. The zero-order chi connectivity index (χ0) is 14.4. The summed E-state index contributed by atoms with van der Waals surface area (Å²) in [7, 11) is 0. The summed E-state index contributed by atoms with van der Waals surface area (Å²) in [5.74, 6) is 0.360. The molecule has 1 fully saturated rings. The Morgan fingerprint density at radius 2 is 2.15 bits per heavy atom. The Morgan fingerprint density at radius 1 is 1.35 bits per heavy atom. The second kappa shape index (κ2) is 7.41. The van der Waals surface area contributed by atoms with Crippen LogP contribution in [0.4, 0.5) is 0 Å². The molecule has 0 bridgehead atoms. The summed E-state index contributed by atoms with van der Waals surface area (Å²) in [4.78, 5) is 12.3. The monoisotopic (exact) mass is 276 g/mol. The first-order chi connectivity index (χ1) is 9.70. The van der Waals surface area contributed by atoms with Crippen molar-refractivity contribution in [2.45, 2.75) is 38.2 Å². The second-order valence-corrected chi connectivity index (χ2v) is 5.59. The third kappa shape index (κ3) is 4.05. The minimum Gasteiger partial charge on any atom is -0.393 e. The van der Waals surface area contributed by atoms with Gasteiger partial charge in [-0.2, -0.15) is 0 Å². The van der Waals surface area contributed by atoms with E-state index < -0.39 is 0 Å². The van der Waals surface area contributed by atoms with Gasteiger partial charge in [-0.05, 0) is 49.8 Å². The van der Waals surface area contributed by atoms with E-state index in [4.69, 9.17) is 5.73 Å². The van der Waals surface area contributed by atoms with Gasteiger partial charge < -0.3 is 16.2 Å². The van der Waals surface area contributed by atoms with Crippen molar-refractivity contribution in [3.05, 3.63) is 35.4 Å². The Kier molecular flexibility index (Phi) is 5.56. The van der Waals surface area contributed by atoms with Crippen LogP contribution in [-0.4, -0.2) is 30.2 Å². The Morgan fingerprint density at radius 3 is 2.90 bits per heavy atom. The molecule has 1 aliphatic rings. The quantitative estimate of drug-likeness (QED) is 0.762. The third-order valence-corrected chi connectivity index (χ3v) is 3.98. The van der Waals surface area contributed by atoms with Crippen LogP contribution >= 0.6 is 0 Å². The molecule has 4 N–H and O–H groups in total. The number of aliphatic hydroxyl groups excluding tert-OH is 1. The second-order valence-electron chi connectivity index (χ2n) is 5.59. The zero-order valence-electron chi connectivity index (χ0n) is 11.8. The van der Waals surface area contributed by atoms with Gasteiger partial charge in [0.25, 0.3) is 5.91 Å². The van der Waals surface area contributed by atoms with Crippen molar-refractivity contribution < 1.29 is 9.90 Å². The van der Waals surface area contributed by atoms with Crippen LogP contribution in [0.2, 0.25) is 0 Å². The highest BCUT2D eigenvalue weighted by Gasteiger charge is 2.21. The van der Waals surface area contributed by atoms with E-state index in [9.17, 15) is 9.90 Å². The van der Waals surface area contributed by atoms with Crippen LogP contribution in [0.25, 0.3) is 0 Å². The minimum atomic E-state index is -0.199. The average Bonchev–Trinajstić information content (AvgIpc) is 2.46. The van der Waals surface area contributed by atoms with Crippen molar-refractivity contribution in [1.82, 2.24) is 5.32 Å². The van der Waals surface area contributed by atoms with Gasteiger partial charge in [-0.3, -0.25) is 4.79 Å². The molecule has 0 saturated heterocycles. The first-order valence-corrected chi connectivity index (χ1v) is 7.45. The molecule has 4 heteroatoms. The van der Waals surface area contributed by atoms with Crippen LogP contribution in [-0.2, 0) is 6.42 Å². The lowest BCUT2D eigenvalue weighted by molar-refractivity contribution is 0.0873. The minimum absolute atomic E-state index is 0.0332. The molecule has 1 aliphatic carbocycles. The summed E-state index contributed by atoms with van der Waals surface area (Å²) in [6.07, 6.45) is 4.34. The zero-order valence-corrected chi connectivity index (χ0v) is 11.8. The normalized spacial score (nSPS) is 22.5. The highest BCUT2D eigenvalue weighted by Crippen LogP contribution is 2.23. The van der Waals surface area contributed by atoms with E-state index in [1.807, 2.05) is 24.3 Å². The molecule has 20 heavy (non-hydrogen) atoms. The van der Waals surface area contributed by atoms with Gasteiger partial charge in [-0.1, -0.05) is 24.6 Å². The van der Waals surface area contributed by atoms with Crippen molar-refractivity contribution >= 4 is 5.91 Å². The fourth-order valence-corrected chi connectivity index (χ4v) is 2.90. The molecule has 4 nitrogen and oxygen atoms in total. The highest BCUT2D eigenvalue weighted by molar-refractivity contribution is 5.95. The van der Waals surface area contributed by atoms with Crippen LogP contribution in [0, 0.1) is 5.92 Å². The number of benzene rings is 1. The maximum absolute atomic E-state index is 12.3. The van der Waals surface area contributed by atoms with Gasteiger partial charge in [0.2, 0.25) is 0 Å². The number of nitrogens with one attached hydrogen (secondary N) is 1. The SMILES string of the molecule is NCCc1ccccc1C(=O)NCC1CCCC(O)C1. The van der Waals surface area contributed by atoms with E-state index >= 15 is 0 Å². The van der Waals surface area contributed by atoms with Gasteiger partial charge in [0.15, 0.2) is 0 Å². The topological polar surface area (TPSA) is 75.4 Å². The molecule has 0 aromatic heterocycles. The van der Waals surface area contributed by atoms with E-state index in [2.05, 4.69) is 5.32 Å². The molecular weight excluding hydrogens is 252 g/mol. The number of nitrogens with two attached hydrogens (primary N) is 1. The maximum Gasteiger partial charge on any atom is 0.251 e. The molecule has 0 spiro atoms. The fourth-order valence-electron chi connectivity index (χ4n) is 2.90. The molecule has 110 valence electrons. The summed E-state index contributed by atoms with van der Waals surface area (Å²) >= 11 is 0. The summed E-state index contributed by atoms with van der Waals surface area (Å²) in [6.45, 7) is 1.19. The lowest BCUT2D eigenvalue weighted by Crippen LogP contribution is -2.33. The number of aliphatic hydroxyl groups is 1. The molecule has 2 rings (SSSR count). The number of rotatable bonds is 5. The number of carbonyl (C=O) groups excluding carboxylic acids is 1. The van der Waals surface area contributed by atoms with Crippen molar-refractivity contribution in [2.24, 2.45) is 11.7 Å². The number of hydrogen-bond donors (Lipinski definition) is 3. The lowest BCUT2D eigenvalue weighted by Gasteiger charge is -2.26. The summed E-state index contributed by atoms with van der Waals surface area (Å²) < 4.78 is 0. The van der Waals surface area contributed by atoms with Crippen molar-refractivity contribution in [2.75, 3.05) is 13.1 Å². The van der Waals surface area contributed by atoms with Gasteiger partial charge in [0.05, 0.1) is 6.10 Å². The van der Waals surface area contributed by atoms with E-state index in [0.29, 0.717) is 31.0 Å². The fraction of sp³-hybridized carbons (Fsp3) is 0.562. The molecule has 0 heterocycles. The Bertz CT molecular complexity index is 448. The molecule has 1 aromatic carbocycles. The van der Waals surface area contributed by atoms with E-state index in [0.717, 1.165) is 31.2 Å². The van der Waals surface area contributed by atoms with Crippen molar-refractivity contribution in [1.29, 1.82) is 0 Å². The van der Waals surface area contributed by atoms with Gasteiger partial charge in [-0.15, -0.1) is 0 Å². The molecule has 1 saturated carbocycles. The lowest BCUT2D eigenvalue weighted by atomic mass is 9.87. The Balaban J connectivity index is 1.91. The standard InChI is InChI=1S/C16H24N2O2/c17-9-8-13-5-1-2-7-15(13)16(20)18-11-12-4-3-6-14(19)10-12/h1-2,5,7,12,14,19H,3-4,6,8-11,17H2,(H,18,20). The Labute approximate surface area is 120 Å². The first kappa shape index (κ1) is 15.0. The molecular formula is C16H24N2O2. The summed E-state index contributed by atoms with van der Waals surface area (Å²) in [6, 6.07) is 7.60. The third-order valence-electron chi connectivity index (χ3n) is 3.98. The summed E-state index contributed by atoms with van der Waals surface area (Å²) in [5, 5.41) is 12.6. The largest absolute Gasteiger partial charge is 0.393 e. The van der Waals surface area contributed by atoms with Gasteiger partial charge in [0.1, 0.15) is 0 Å². The van der Waals surface area contributed by atoms with Crippen LogP contribution in [0.15, 0.2) is 24.3 Å². The van der Waals surface area contributed by atoms with Gasteiger partial charge in [-0.25, -0.2) is 0 Å². The predicted molar refractivity (Wildman–Crippen MR) is 79.5 cm³/mol. The van der Waals surface area contributed by atoms with Crippen LogP contribution < -0.4 is 11.1 Å². The van der Waals surface area contributed by atoms with E-state index in [1.54, 1.807) is 0 Å².